The minimum absolute atomic E-state index is 0.210. The molecule has 3 aliphatic carbocycles. The highest BCUT2D eigenvalue weighted by molar-refractivity contribution is 5.38. The molecular weight excluding hydrogens is 260 g/mol. The smallest absolute Gasteiger partial charge is 0.146 e. The quantitative estimate of drug-likeness (QED) is 0.547. The molecule has 2 fully saturated rings. The normalized spacial score (nSPS) is 45.3. The maximum Gasteiger partial charge on any atom is 0.146 e. The Hall–Kier alpha value is -0.340. The first-order chi connectivity index (χ1) is 9.77. The molecule has 0 saturated heterocycles. The fourth-order valence-electron chi connectivity index (χ4n) is 5.46. The molecule has 0 aromatic rings. The molecule has 5 atom stereocenters. The number of ether oxygens (including phenoxy) is 2. The molecule has 2 bridgehead atoms. The van der Waals surface area contributed by atoms with Crippen LogP contribution in [0, 0.1) is 28.1 Å². The van der Waals surface area contributed by atoms with Crippen LogP contribution in [0.2, 0.25) is 0 Å². The molecule has 3 aliphatic rings. The first-order valence-corrected chi connectivity index (χ1v) is 8.59. The zero-order valence-electron chi connectivity index (χ0n) is 14.7. The van der Waals surface area contributed by atoms with Gasteiger partial charge in [-0.3, -0.25) is 0 Å². The van der Waals surface area contributed by atoms with E-state index in [1.54, 1.807) is 12.7 Å². The van der Waals surface area contributed by atoms with E-state index in [1.807, 2.05) is 0 Å². The monoisotopic (exact) mass is 292 g/mol. The first kappa shape index (κ1) is 15.6. The van der Waals surface area contributed by atoms with Crippen molar-refractivity contribution in [1.29, 1.82) is 0 Å². The Kier molecular flexibility index (Phi) is 3.57. The molecule has 21 heavy (non-hydrogen) atoms. The molecule has 120 valence electrons. The Bertz CT molecular complexity index is 452. The second kappa shape index (κ2) is 4.83. The van der Waals surface area contributed by atoms with E-state index >= 15 is 0 Å². The van der Waals surface area contributed by atoms with Crippen LogP contribution < -0.4 is 0 Å². The Labute approximate surface area is 130 Å². The van der Waals surface area contributed by atoms with Crippen LogP contribution in [0.25, 0.3) is 0 Å². The van der Waals surface area contributed by atoms with Crippen LogP contribution in [0.4, 0.5) is 0 Å². The molecule has 0 radical (unpaired) electrons. The topological polar surface area (TPSA) is 18.5 Å². The van der Waals surface area contributed by atoms with Gasteiger partial charge in [-0.2, -0.15) is 0 Å². The van der Waals surface area contributed by atoms with Crippen LogP contribution >= 0.6 is 0 Å². The third-order valence-electron chi connectivity index (χ3n) is 7.52. The lowest BCUT2D eigenvalue weighted by atomic mass is 9.35. The van der Waals surface area contributed by atoms with Gasteiger partial charge in [-0.05, 0) is 55.3 Å². The maximum absolute atomic E-state index is 5.96. The van der Waals surface area contributed by atoms with Gasteiger partial charge in [-0.25, -0.2) is 0 Å². The summed E-state index contributed by atoms with van der Waals surface area (Å²) in [5, 5.41) is 0. The zero-order valence-corrected chi connectivity index (χ0v) is 14.7. The van der Waals surface area contributed by atoms with Gasteiger partial charge in [0.05, 0.1) is 6.10 Å². The summed E-state index contributed by atoms with van der Waals surface area (Å²) in [7, 11) is 1.71. The molecule has 3 rings (SSSR count). The Balaban J connectivity index is 1.92. The van der Waals surface area contributed by atoms with Gasteiger partial charge in [0.25, 0.3) is 0 Å². The van der Waals surface area contributed by atoms with Crippen molar-refractivity contribution in [3.63, 3.8) is 0 Å². The van der Waals surface area contributed by atoms with Crippen LogP contribution in [0.1, 0.15) is 60.3 Å². The summed E-state index contributed by atoms with van der Waals surface area (Å²) >= 11 is 0. The number of rotatable bonds is 4. The van der Waals surface area contributed by atoms with Crippen molar-refractivity contribution in [2.24, 2.45) is 28.1 Å². The van der Waals surface area contributed by atoms with Crippen molar-refractivity contribution in [3.8, 4) is 0 Å². The number of hydrogen-bond acceptors (Lipinski definition) is 2. The van der Waals surface area contributed by atoms with E-state index in [4.69, 9.17) is 9.47 Å². The Morgan fingerprint density at radius 1 is 1.33 bits per heavy atom. The van der Waals surface area contributed by atoms with Gasteiger partial charge in [0.1, 0.15) is 6.79 Å². The highest BCUT2D eigenvalue weighted by atomic mass is 16.7. The number of fused-ring (bicyclic) bond motifs is 2. The Morgan fingerprint density at radius 2 is 2.05 bits per heavy atom. The van der Waals surface area contributed by atoms with Crippen LogP contribution in [-0.4, -0.2) is 20.0 Å². The van der Waals surface area contributed by atoms with Crippen molar-refractivity contribution >= 4 is 0 Å². The first-order valence-electron chi connectivity index (χ1n) is 8.59. The summed E-state index contributed by atoms with van der Waals surface area (Å²) in [5.74, 6) is 1.48. The van der Waals surface area contributed by atoms with Gasteiger partial charge in [0.2, 0.25) is 0 Å². The summed E-state index contributed by atoms with van der Waals surface area (Å²) in [6.45, 7) is 12.4. The van der Waals surface area contributed by atoms with E-state index in [-0.39, 0.29) is 11.5 Å². The number of allylic oxidation sites excluding steroid dienone is 2. The van der Waals surface area contributed by atoms with E-state index in [2.05, 4.69) is 40.7 Å². The minimum Gasteiger partial charge on any atom is -0.359 e. The van der Waals surface area contributed by atoms with Gasteiger partial charge < -0.3 is 9.47 Å². The maximum atomic E-state index is 5.96. The standard InChI is InChI=1S/C19H32O2/c1-13-9-16-15-7-8-17(3,4)19(16,10-15)11-18(13,5)14(2)21-12-20-6/h9,13-15H,7-8,10-12H2,1-6H3/t13?,14?,15-,18?,19-/m0/s1. The summed E-state index contributed by atoms with van der Waals surface area (Å²) in [4.78, 5) is 0. The third-order valence-corrected chi connectivity index (χ3v) is 7.52. The fraction of sp³-hybridized carbons (Fsp3) is 0.895. The largest absolute Gasteiger partial charge is 0.359 e. The van der Waals surface area contributed by atoms with Gasteiger partial charge >= 0.3 is 0 Å². The fourth-order valence-corrected chi connectivity index (χ4v) is 5.46. The van der Waals surface area contributed by atoms with E-state index < -0.39 is 0 Å². The molecule has 0 aromatic heterocycles. The van der Waals surface area contributed by atoms with Crippen molar-refractivity contribution in [2.45, 2.75) is 66.4 Å². The summed E-state index contributed by atoms with van der Waals surface area (Å²) in [5.41, 5.74) is 2.89. The third kappa shape index (κ3) is 1.98. The van der Waals surface area contributed by atoms with E-state index in [9.17, 15) is 0 Å². The lowest BCUT2D eigenvalue weighted by molar-refractivity contribution is -0.160. The molecule has 0 heterocycles. The second-order valence-corrected chi connectivity index (χ2v) is 8.71. The Morgan fingerprint density at radius 3 is 2.67 bits per heavy atom. The average molecular weight is 292 g/mol. The molecule has 0 N–H and O–H groups in total. The predicted molar refractivity (Wildman–Crippen MR) is 85.9 cm³/mol. The molecular formula is C19H32O2. The van der Waals surface area contributed by atoms with Crippen molar-refractivity contribution in [3.05, 3.63) is 11.6 Å². The lowest BCUT2D eigenvalue weighted by Crippen LogP contribution is -2.61. The van der Waals surface area contributed by atoms with Crippen LogP contribution in [0.15, 0.2) is 11.6 Å². The molecule has 0 aromatic carbocycles. The van der Waals surface area contributed by atoms with E-state index in [0.29, 0.717) is 23.5 Å². The highest BCUT2D eigenvalue weighted by Gasteiger charge is 2.65. The zero-order chi connectivity index (χ0) is 15.5. The highest BCUT2D eigenvalue weighted by Crippen LogP contribution is 2.74. The molecule has 2 saturated carbocycles. The molecule has 1 spiro atoms. The molecule has 0 aliphatic heterocycles. The molecule has 2 heteroatoms. The number of methoxy groups -OCH3 is 1. The summed E-state index contributed by atoms with van der Waals surface area (Å²) in [6, 6.07) is 0. The molecule has 0 amide bonds. The SMILES string of the molecule is COCOC(C)C1(C)C[C@]23C[C@H](CCC2(C)C)C3=CC1C. The summed E-state index contributed by atoms with van der Waals surface area (Å²) < 4.78 is 11.1. The van der Waals surface area contributed by atoms with Gasteiger partial charge in [-0.15, -0.1) is 0 Å². The van der Waals surface area contributed by atoms with Crippen LogP contribution in [0.3, 0.4) is 0 Å². The molecule has 2 nitrogen and oxygen atoms in total. The van der Waals surface area contributed by atoms with Crippen LogP contribution in [0.5, 0.6) is 0 Å². The van der Waals surface area contributed by atoms with E-state index in [0.717, 1.165) is 5.92 Å². The van der Waals surface area contributed by atoms with E-state index in [1.165, 1.54) is 25.7 Å². The predicted octanol–water partition coefficient (Wildman–Crippen LogP) is 4.79. The van der Waals surface area contributed by atoms with Crippen LogP contribution in [-0.2, 0) is 9.47 Å². The summed E-state index contributed by atoms with van der Waals surface area (Å²) in [6.07, 6.45) is 8.32. The lowest BCUT2D eigenvalue weighted by Gasteiger charge is -2.69. The second-order valence-electron chi connectivity index (χ2n) is 8.71. The van der Waals surface area contributed by atoms with Gasteiger partial charge in [0.15, 0.2) is 0 Å². The van der Waals surface area contributed by atoms with Crippen molar-refractivity contribution < 1.29 is 9.47 Å². The van der Waals surface area contributed by atoms with Gasteiger partial charge in [-0.1, -0.05) is 39.3 Å². The van der Waals surface area contributed by atoms with Crippen molar-refractivity contribution in [1.82, 2.24) is 0 Å². The van der Waals surface area contributed by atoms with Gasteiger partial charge in [0, 0.05) is 12.5 Å². The van der Waals surface area contributed by atoms with Crippen molar-refractivity contribution in [2.75, 3.05) is 13.9 Å². The number of hydrogen-bond donors (Lipinski definition) is 0. The minimum atomic E-state index is 0.210. The average Bonchev–Trinajstić information content (AvgIpc) is 2.41. The molecule has 3 unspecified atom stereocenters.